The molecule has 7 heteroatoms. The second kappa shape index (κ2) is 13.6. The average Bonchev–Trinajstić information content (AvgIpc) is 3.43. The highest BCUT2D eigenvalue weighted by atomic mass is 16.2. The van der Waals surface area contributed by atoms with E-state index in [1.54, 1.807) is 0 Å². The molecule has 3 aliphatic rings. The minimum Gasteiger partial charge on any atom is -0.355 e. The van der Waals surface area contributed by atoms with Crippen LogP contribution in [0.4, 0.5) is 10.5 Å². The van der Waals surface area contributed by atoms with Crippen LogP contribution in [0, 0.1) is 5.92 Å². The Balaban J connectivity index is 1.25. The van der Waals surface area contributed by atoms with Crippen molar-refractivity contribution in [2.24, 2.45) is 5.92 Å². The van der Waals surface area contributed by atoms with Gasteiger partial charge in [0.05, 0.1) is 6.04 Å². The molecule has 4 rings (SSSR count). The molecule has 2 aliphatic heterocycles. The topological polar surface area (TPSA) is 67.9 Å². The van der Waals surface area contributed by atoms with Gasteiger partial charge in [0.2, 0.25) is 5.91 Å². The third-order valence-electron chi connectivity index (χ3n) is 8.80. The summed E-state index contributed by atoms with van der Waals surface area (Å²) < 4.78 is 0. The molecule has 0 radical (unpaired) electrons. The number of amides is 3. The molecular weight excluding hydrogens is 462 g/mol. The monoisotopic (exact) mass is 511 g/mol. The van der Waals surface area contributed by atoms with Gasteiger partial charge in [0.1, 0.15) is 0 Å². The standard InChI is InChI=1S/C30H49N5O2/c1-23(2)25-12-14-27(15-13-25)32-30(37)35-21-19-34(20-22-35)28(26-10-4-5-11-26)29(36)31-16-8-18-33-17-7-6-9-24(33)3/h12-15,23-24,26,28H,4-11,16-22H2,1-3H3,(H,31,36)(H,32,37). The van der Waals surface area contributed by atoms with Crippen LogP contribution in [0.15, 0.2) is 24.3 Å². The van der Waals surface area contributed by atoms with E-state index in [1.807, 2.05) is 17.0 Å². The highest BCUT2D eigenvalue weighted by Gasteiger charge is 2.37. The molecule has 1 aromatic rings. The predicted octanol–water partition coefficient (Wildman–Crippen LogP) is 4.90. The van der Waals surface area contributed by atoms with E-state index >= 15 is 0 Å². The predicted molar refractivity (Wildman–Crippen MR) is 151 cm³/mol. The summed E-state index contributed by atoms with van der Waals surface area (Å²) in [5.74, 6) is 1.10. The third kappa shape index (κ3) is 7.70. The lowest BCUT2D eigenvalue weighted by molar-refractivity contribution is -0.129. The van der Waals surface area contributed by atoms with Crippen molar-refractivity contribution in [3.8, 4) is 0 Å². The largest absolute Gasteiger partial charge is 0.355 e. The number of carbonyl (C=O) groups is 2. The van der Waals surface area contributed by atoms with E-state index in [2.05, 4.69) is 53.3 Å². The first-order chi connectivity index (χ1) is 17.9. The van der Waals surface area contributed by atoms with Gasteiger partial charge in [0, 0.05) is 51.0 Å². The number of rotatable bonds is 9. The zero-order valence-corrected chi connectivity index (χ0v) is 23.4. The van der Waals surface area contributed by atoms with Crippen LogP contribution >= 0.6 is 0 Å². The second-order valence-electron chi connectivity index (χ2n) is 11.7. The van der Waals surface area contributed by atoms with E-state index < -0.39 is 0 Å². The zero-order valence-electron chi connectivity index (χ0n) is 23.4. The maximum absolute atomic E-state index is 13.4. The molecule has 2 N–H and O–H groups in total. The molecule has 2 saturated heterocycles. The molecule has 2 heterocycles. The molecule has 3 fully saturated rings. The first-order valence-electron chi connectivity index (χ1n) is 14.8. The summed E-state index contributed by atoms with van der Waals surface area (Å²) in [6.07, 6.45) is 9.67. The van der Waals surface area contributed by atoms with Crippen LogP contribution in [-0.2, 0) is 4.79 Å². The molecule has 0 aromatic heterocycles. The molecular formula is C30H49N5O2. The number of carbonyl (C=O) groups excluding carboxylic acids is 2. The first kappa shape index (κ1) is 27.9. The van der Waals surface area contributed by atoms with Crippen molar-refractivity contribution in [1.82, 2.24) is 20.0 Å². The van der Waals surface area contributed by atoms with Crippen molar-refractivity contribution in [2.45, 2.75) is 90.1 Å². The van der Waals surface area contributed by atoms with Crippen molar-refractivity contribution < 1.29 is 9.59 Å². The molecule has 2 unspecified atom stereocenters. The number of piperazine rings is 1. The minimum atomic E-state index is -0.0646. The van der Waals surface area contributed by atoms with Crippen LogP contribution in [0.5, 0.6) is 0 Å². The molecule has 206 valence electrons. The molecule has 7 nitrogen and oxygen atoms in total. The average molecular weight is 512 g/mol. The highest BCUT2D eigenvalue weighted by molar-refractivity contribution is 5.89. The fourth-order valence-corrected chi connectivity index (χ4v) is 6.40. The first-order valence-corrected chi connectivity index (χ1v) is 14.8. The van der Waals surface area contributed by atoms with Gasteiger partial charge in [-0.2, -0.15) is 0 Å². The number of hydrogen-bond acceptors (Lipinski definition) is 4. The number of nitrogens with zero attached hydrogens (tertiary/aromatic N) is 3. The summed E-state index contributed by atoms with van der Waals surface area (Å²) >= 11 is 0. The number of hydrogen-bond donors (Lipinski definition) is 2. The van der Waals surface area contributed by atoms with Gasteiger partial charge in [-0.1, -0.05) is 45.2 Å². The highest BCUT2D eigenvalue weighted by Crippen LogP contribution is 2.31. The maximum atomic E-state index is 13.4. The lowest BCUT2D eigenvalue weighted by Gasteiger charge is -2.40. The fourth-order valence-electron chi connectivity index (χ4n) is 6.40. The van der Waals surface area contributed by atoms with Gasteiger partial charge in [0.15, 0.2) is 0 Å². The number of anilines is 1. The summed E-state index contributed by atoms with van der Waals surface area (Å²) in [5, 5.41) is 6.34. The van der Waals surface area contributed by atoms with E-state index in [0.29, 0.717) is 31.0 Å². The Morgan fingerprint density at radius 1 is 0.919 bits per heavy atom. The van der Waals surface area contributed by atoms with Crippen LogP contribution in [-0.4, -0.2) is 84.5 Å². The Morgan fingerprint density at radius 2 is 1.59 bits per heavy atom. The van der Waals surface area contributed by atoms with E-state index in [0.717, 1.165) is 51.1 Å². The van der Waals surface area contributed by atoms with Crippen LogP contribution in [0.3, 0.4) is 0 Å². The molecule has 2 atom stereocenters. The Bertz CT molecular complexity index is 859. The SMILES string of the molecule is CC(C)c1ccc(NC(=O)N2CCN(C(C(=O)NCCCN3CCCCC3C)C3CCCC3)CC2)cc1. The molecule has 1 saturated carbocycles. The number of likely N-dealkylation sites (tertiary alicyclic amines) is 1. The number of benzene rings is 1. The zero-order chi connectivity index (χ0) is 26.2. The molecule has 1 aliphatic carbocycles. The normalized spacial score (nSPS) is 22.8. The molecule has 0 spiro atoms. The van der Waals surface area contributed by atoms with Crippen LogP contribution in [0.1, 0.15) is 83.6 Å². The van der Waals surface area contributed by atoms with E-state index in [4.69, 9.17) is 0 Å². The Morgan fingerprint density at radius 3 is 2.24 bits per heavy atom. The second-order valence-corrected chi connectivity index (χ2v) is 11.7. The Labute approximate surface area is 224 Å². The number of piperidine rings is 1. The number of nitrogens with one attached hydrogen (secondary N) is 2. The minimum absolute atomic E-state index is 0.0502. The summed E-state index contributed by atoms with van der Waals surface area (Å²) in [6, 6.07) is 8.68. The van der Waals surface area contributed by atoms with Crippen molar-refractivity contribution in [3.05, 3.63) is 29.8 Å². The van der Waals surface area contributed by atoms with Crippen molar-refractivity contribution in [3.63, 3.8) is 0 Å². The van der Waals surface area contributed by atoms with Gasteiger partial charge in [-0.3, -0.25) is 9.69 Å². The van der Waals surface area contributed by atoms with Gasteiger partial charge in [-0.15, -0.1) is 0 Å². The molecule has 3 amide bonds. The molecule has 0 bridgehead atoms. The van der Waals surface area contributed by atoms with Crippen LogP contribution in [0.2, 0.25) is 0 Å². The lowest BCUT2D eigenvalue weighted by atomic mass is 9.95. The smallest absolute Gasteiger partial charge is 0.321 e. The Kier molecular flexibility index (Phi) is 10.3. The van der Waals surface area contributed by atoms with Crippen molar-refractivity contribution in [2.75, 3.05) is 51.1 Å². The van der Waals surface area contributed by atoms with E-state index in [1.165, 1.54) is 44.2 Å². The quantitative estimate of drug-likeness (QED) is 0.463. The van der Waals surface area contributed by atoms with Crippen molar-refractivity contribution >= 4 is 17.6 Å². The summed E-state index contributed by atoms with van der Waals surface area (Å²) in [6.45, 7) is 12.5. The third-order valence-corrected chi connectivity index (χ3v) is 8.80. The van der Waals surface area contributed by atoms with E-state index in [9.17, 15) is 9.59 Å². The van der Waals surface area contributed by atoms with Gasteiger partial charge in [-0.05, 0) is 75.1 Å². The summed E-state index contributed by atoms with van der Waals surface area (Å²) in [5.41, 5.74) is 2.10. The number of urea groups is 1. The van der Waals surface area contributed by atoms with Crippen molar-refractivity contribution in [1.29, 1.82) is 0 Å². The summed E-state index contributed by atoms with van der Waals surface area (Å²) in [4.78, 5) is 33.1. The van der Waals surface area contributed by atoms with Gasteiger partial charge in [-0.25, -0.2) is 4.79 Å². The lowest BCUT2D eigenvalue weighted by Crippen LogP contribution is -2.58. The van der Waals surface area contributed by atoms with Crippen LogP contribution in [0.25, 0.3) is 0 Å². The van der Waals surface area contributed by atoms with Gasteiger partial charge < -0.3 is 20.4 Å². The van der Waals surface area contributed by atoms with Crippen LogP contribution < -0.4 is 10.6 Å². The van der Waals surface area contributed by atoms with E-state index in [-0.39, 0.29) is 18.0 Å². The molecule has 1 aromatic carbocycles. The fraction of sp³-hybridized carbons (Fsp3) is 0.733. The molecule has 37 heavy (non-hydrogen) atoms. The van der Waals surface area contributed by atoms with Gasteiger partial charge in [0.25, 0.3) is 0 Å². The summed E-state index contributed by atoms with van der Waals surface area (Å²) in [7, 11) is 0. The Hall–Kier alpha value is -2.12. The van der Waals surface area contributed by atoms with Gasteiger partial charge >= 0.3 is 6.03 Å². The maximum Gasteiger partial charge on any atom is 0.321 e.